The Bertz CT molecular complexity index is 546. The third-order valence-electron chi connectivity index (χ3n) is 3.57. The minimum atomic E-state index is -0.0214. The zero-order valence-electron chi connectivity index (χ0n) is 13.5. The predicted molar refractivity (Wildman–Crippen MR) is 85.2 cm³/mol. The summed E-state index contributed by atoms with van der Waals surface area (Å²) in [7, 11) is 3.18. The van der Waals surface area contributed by atoms with E-state index in [1.165, 1.54) is 0 Å². The predicted octanol–water partition coefficient (Wildman–Crippen LogP) is 2.35. The normalized spacial score (nSPS) is 21.9. The molecule has 0 spiro atoms. The molecule has 0 aliphatic carbocycles. The van der Waals surface area contributed by atoms with Crippen LogP contribution in [0.4, 0.5) is 0 Å². The molecule has 2 atom stereocenters. The van der Waals surface area contributed by atoms with Gasteiger partial charge in [0, 0.05) is 24.7 Å². The van der Waals surface area contributed by atoms with E-state index in [2.05, 4.69) is 0 Å². The summed E-state index contributed by atoms with van der Waals surface area (Å²) in [6.45, 7) is 5.18. The average molecular weight is 305 g/mol. The molecular weight excluding hydrogens is 282 g/mol. The lowest BCUT2D eigenvalue weighted by Gasteiger charge is -2.34. The highest BCUT2D eigenvalue weighted by Gasteiger charge is 2.24. The highest BCUT2D eigenvalue weighted by Crippen LogP contribution is 2.31. The maximum atomic E-state index is 12.3. The molecule has 1 heterocycles. The van der Waals surface area contributed by atoms with Crippen molar-refractivity contribution in [3.8, 4) is 11.5 Å². The van der Waals surface area contributed by atoms with Crippen LogP contribution in [0.5, 0.6) is 11.5 Å². The van der Waals surface area contributed by atoms with Crippen molar-refractivity contribution in [1.82, 2.24) is 4.90 Å². The molecule has 0 bridgehead atoms. The minimum Gasteiger partial charge on any atom is -0.493 e. The SMILES string of the molecule is COc1cccc(/C=C/C(=O)N2CC(C)OC(C)C2)c1OC. The molecule has 1 aliphatic heterocycles. The fraction of sp³-hybridized carbons (Fsp3) is 0.471. The molecule has 2 rings (SSSR count). The van der Waals surface area contributed by atoms with Crippen molar-refractivity contribution in [2.24, 2.45) is 0 Å². The number of ether oxygens (including phenoxy) is 3. The molecule has 5 nitrogen and oxygen atoms in total. The zero-order chi connectivity index (χ0) is 16.1. The number of nitrogens with zero attached hydrogens (tertiary/aromatic N) is 1. The molecule has 1 aromatic rings. The maximum Gasteiger partial charge on any atom is 0.246 e. The smallest absolute Gasteiger partial charge is 0.246 e. The standard InChI is InChI=1S/C17H23NO4/c1-12-10-18(11-13(2)22-12)16(19)9-8-14-6-5-7-15(20-3)17(14)21-4/h5-9,12-13H,10-11H2,1-4H3/b9-8+. The summed E-state index contributed by atoms with van der Waals surface area (Å²) in [6, 6.07) is 5.57. The first kappa shape index (κ1) is 16.4. The zero-order valence-corrected chi connectivity index (χ0v) is 13.5. The van der Waals surface area contributed by atoms with Gasteiger partial charge in [-0.05, 0) is 26.0 Å². The van der Waals surface area contributed by atoms with Gasteiger partial charge in [0.05, 0.1) is 26.4 Å². The van der Waals surface area contributed by atoms with E-state index in [1.54, 1.807) is 26.4 Å². The van der Waals surface area contributed by atoms with Gasteiger partial charge in [-0.25, -0.2) is 0 Å². The molecule has 0 aromatic heterocycles. The Morgan fingerprint density at radius 1 is 1.23 bits per heavy atom. The van der Waals surface area contributed by atoms with Crippen molar-refractivity contribution in [3.63, 3.8) is 0 Å². The van der Waals surface area contributed by atoms with Gasteiger partial charge in [-0.2, -0.15) is 0 Å². The first-order valence-corrected chi connectivity index (χ1v) is 7.38. The van der Waals surface area contributed by atoms with E-state index in [0.717, 1.165) is 5.56 Å². The number of methoxy groups -OCH3 is 2. The quantitative estimate of drug-likeness (QED) is 0.801. The lowest BCUT2D eigenvalue weighted by Crippen LogP contribution is -2.47. The van der Waals surface area contributed by atoms with E-state index in [-0.39, 0.29) is 18.1 Å². The third-order valence-corrected chi connectivity index (χ3v) is 3.57. The lowest BCUT2D eigenvalue weighted by molar-refractivity contribution is -0.137. The van der Waals surface area contributed by atoms with E-state index in [4.69, 9.17) is 14.2 Å². The van der Waals surface area contributed by atoms with Crippen LogP contribution < -0.4 is 9.47 Å². The van der Waals surface area contributed by atoms with E-state index < -0.39 is 0 Å². The Morgan fingerprint density at radius 3 is 2.50 bits per heavy atom. The summed E-state index contributed by atoms with van der Waals surface area (Å²) in [5.74, 6) is 1.25. The first-order valence-electron chi connectivity index (χ1n) is 7.38. The van der Waals surface area contributed by atoms with Gasteiger partial charge in [-0.1, -0.05) is 12.1 Å². The van der Waals surface area contributed by atoms with E-state index in [1.807, 2.05) is 36.9 Å². The summed E-state index contributed by atoms with van der Waals surface area (Å²) >= 11 is 0. The summed E-state index contributed by atoms with van der Waals surface area (Å²) < 4.78 is 16.3. The van der Waals surface area contributed by atoms with Crippen LogP contribution in [0.2, 0.25) is 0 Å². The summed E-state index contributed by atoms with van der Waals surface area (Å²) in [6.07, 6.45) is 3.45. The number of hydrogen-bond acceptors (Lipinski definition) is 4. The number of rotatable bonds is 4. The van der Waals surface area contributed by atoms with Gasteiger partial charge < -0.3 is 19.1 Å². The Morgan fingerprint density at radius 2 is 1.91 bits per heavy atom. The molecule has 2 unspecified atom stereocenters. The van der Waals surface area contributed by atoms with Crippen LogP contribution in [0, 0.1) is 0 Å². The molecule has 1 fully saturated rings. The minimum absolute atomic E-state index is 0.0214. The number of para-hydroxylation sites is 1. The van der Waals surface area contributed by atoms with Gasteiger partial charge in [0.1, 0.15) is 0 Å². The number of benzene rings is 1. The molecular formula is C17H23NO4. The Labute approximate surface area is 131 Å². The monoisotopic (exact) mass is 305 g/mol. The number of carbonyl (C=O) groups excluding carboxylic acids is 1. The van der Waals surface area contributed by atoms with Gasteiger partial charge in [0.15, 0.2) is 11.5 Å². The Kier molecular flexibility index (Phi) is 5.44. The molecule has 1 saturated heterocycles. The second-order valence-electron chi connectivity index (χ2n) is 5.42. The average Bonchev–Trinajstić information content (AvgIpc) is 2.50. The molecule has 1 amide bonds. The molecule has 120 valence electrons. The van der Waals surface area contributed by atoms with Crippen LogP contribution in [0.1, 0.15) is 19.4 Å². The maximum absolute atomic E-state index is 12.3. The second-order valence-corrected chi connectivity index (χ2v) is 5.42. The molecule has 0 N–H and O–H groups in total. The van der Waals surface area contributed by atoms with Crippen molar-refractivity contribution >= 4 is 12.0 Å². The van der Waals surface area contributed by atoms with Crippen LogP contribution in [-0.4, -0.2) is 50.3 Å². The molecule has 1 aliphatic rings. The van der Waals surface area contributed by atoms with Crippen molar-refractivity contribution in [3.05, 3.63) is 29.8 Å². The van der Waals surface area contributed by atoms with Crippen molar-refractivity contribution in [1.29, 1.82) is 0 Å². The van der Waals surface area contributed by atoms with Crippen LogP contribution >= 0.6 is 0 Å². The first-order chi connectivity index (χ1) is 10.5. The van der Waals surface area contributed by atoms with Gasteiger partial charge in [-0.15, -0.1) is 0 Å². The third kappa shape index (κ3) is 3.80. The second kappa shape index (κ2) is 7.31. The Hall–Kier alpha value is -2.01. The lowest BCUT2D eigenvalue weighted by atomic mass is 10.1. The number of hydrogen-bond donors (Lipinski definition) is 0. The number of morpholine rings is 1. The van der Waals surface area contributed by atoms with Crippen LogP contribution in [0.15, 0.2) is 24.3 Å². The van der Waals surface area contributed by atoms with Crippen molar-refractivity contribution in [2.45, 2.75) is 26.1 Å². The van der Waals surface area contributed by atoms with Crippen LogP contribution in [0.3, 0.4) is 0 Å². The summed E-state index contributed by atoms with van der Waals surface area (Å²) in [4.78, 5) is 14.1. The molecule has 22 heavy (non-hydrogen) atoms. The highest BCUT2D eigenvalue weighted by molar-refractivity contribution is 5.92. The number of amides is 1. The fourth-order valence-corrected chi connectivity index (χ4v) is 2.67. The van der Waals surface area contributed by atoms with E-state index in [0.29, 0.717) is 24.6 Å². The summed E-state index contributed by atoms with van der Waals surface area (Å²) in [5, 5.41) is 0. The van der Waals surface area contributed by atoms with E-state index >= 15 is 0 Å². The van der Waals surface area contributed by atoms with Gasteiger partial charge >= 0.3 is 0 Å². The largest absolute Gasteiger partial charge is 0.493 e. The number of carbonyl (C=O) groups is 1. The van der Waals surface area contributed by atoms with Gasteiger partial charge in [-0.3, -0.25) is 4.79 Å². The molecule has 1 aromatic carbocycles. The Balaban J connectivity index is 2.13. The molecule has 0 radical (unpaired) electrons. The van der Waals surface area contributed by atoms with E-state index in [9.17, 15) is 4.79 Å². The molecule has 0 saturated carbocycles. The highest BCUT2D eigenvalue weighted by atomic mass is 16.5. The summed E-state index contributed by atoms with van der Waals surface area (Å²) in [5.41, 5.74) is 0.810. The topological polar surface area (TPSA) is 48.0 Å². The van der Waals surface area contributed by atoms with Gasteiger partial charge in [0.2, 0.25) is 5.91 Å². The van der Waals surface area contributed by atoms with Crippen molar-refractivity contribution < 1.29 is 19.0 Å². The fourth-order valence-electron chi connectivity index (χ4n) is 2.67. The molecule has 5 heteroatoms. The van der Waals surface area contributed by atoms with Crippen LogP contribution in [-0.2, 0) is 9.53 Å². The van der Waals surface area contributed by atoms with Gasteiger partial charge in [0.25, 0.3) is 0 Å². The van der Waals surface area contributed by atoms with Crippen molar-refractivity contribution in [2.75, 3.05) is 27.3 Å². The van der Waals surface area contributed by atoms with Crippen LogP contribution in [0.25, 0.3) is 6.08 Å².